The molecule has 0 saturated carbocycles. The summed E-state index contributed by atoms with van der Waals surface area (Å²) in [5.74, 6) is -0.273. The van der Waals surface area contributed by atoms with Gasteiger partial charge in [0, 0.05) is 10.3 Å². The van der Waals surface area contributed by atoms with Gasteiger partial charge in [0.15, 0.2) is 0 Å². The second-order valence-electron chi connectivity index (χ2n) is 2.40. The maximum atomic E-state index is 11.0. The average molecular weight is 221 g/mol. The number of methoxy groups -OCH3 is 1. The molecule has 13 heavy (non-hydrogen) atoms. The highest BCUT2D eigenvalue weighted by molar-refractivity contribution is 7.10. The van der Waals surface area contributed by atoms with Gasteiger partial charge in [-0.25, -0.2) is 4.79 Å². The number of thiophene rings is 1. The molecule has 0 aliphatic carbocycles. The first kappa shape index (κ1) is 10.5. The highest BCUT2D eigenvalue weighted by atomic mass is 35.5. The number of carbonyl (C=O) groups excluding carboxylic acids is 1. The molecule has 0 spiro atoms. The second-order valence-corrected chi connectivity index (χ2v) is 3.65. The van der Waals surface area contributed by atoms with E-state index >= 15 is 0 Å². The van der Waals surface area contributed by atoms with Crippen molar-refractivity contribution in [3.8, 4) is 0 Å². The lowest BCUT2D eigenvalue weighted by molar-refractivity contribution is 0.0601. The van der Waals surface area contributed by atoms with E-state index in [-0.39, 0.29) is 5.88 Å². The van der Waals surface area contributed by atoms with E-state index in [4.69, 9.17) is 11.6 Å². The Hall–Kier alpha value is -0.580. The van der Waals surface area contributed by atoms with Crippen LogP contribution in [0.2, 0.25) is 0 Å². The van der Waals surface area contributed by atoms with Crippen molar-refractivity contribution in [3.63, 3.8) is 0 Å². The van der Waals surface area contributed by atoms with Gasteiger partial charge in [0.25, 0.3) is 0 Å². The van der Waals surface area contributed by atoms with Crippen LogP contribution < -0.4 is 0 Å². The lowest BCUT2D eigenvalue weighted by Crippen LogP contribution is -1.99. The summed E-state index contributed by atoms with van der Waals surface area (Å²) in [6, 6.07) is 1.59. The van der Waals surface area contributed by atoms with Crippen molar-refractivity contribution in [1.29, 1.82) is 0 Å². The summed E-state index contributed by atoms with van der Waals surface area (Å²) in [6.07, 6.45) is -0.704. The molecule has 1 aromatic rings. The largest absolute Gasteiger partial charge is 0.465 e. The van der Waals surface area contributed by atoms with Gasteiger partial charge in [0.2, 0.25) is 0 Å². The highest BCUT2D eigenvalue weighted by Gasteiger charge is 2.13. The van der Waals surface area contributed by atoms with Crippen molar-refractivity contribution in [2.75, 3.05) is 13.0 Å². The first-order valence-corrected chi connectivity index (χ1v) is 5.01. The van der Waals surface area contributed by atoms with Crippen molar-refractivity contribution in [1.82, 2.24) is 0 Å². The molecule has 1 rings (SSSR count). The Morgan fingerprint density at radius 1 is 1.85 bits per heavy atom. The summed E-state index contributed by atoms with van der Waals surface area (Å²) in [5, 5.41) is 11.0. The van der Waals surface area contributed by atoms with Gasteiger partial charge < -0.3 is 9.84 Å². The Morgan fingerprint density at radius 2 is 2.54 bits per heavy atom. The summed E-state index contributed by atoms with van der Waals surface area (Å²) in [5.41, 5.74) is 0.451. The van der Waals surface area contributed by atoms with Gasteiger partial charge in [-0.05, 0) is 6.07 Å². The van der Waals surface area contributed by atoms with Gasteiger partial charge in [-0.2, -0.15) is 0 Å². The van der Waals surface area contributed by atoms with Crippen LogP contribution in [0.3, 0.4) is 0 Å². The number of ether oxygens (including phenoxy) is 1. The van der Waals surface area contributed by atoms with Gasteiger partial charge in [-0.1, -0.05) is 0 Å². The van der Waals surface area contributed by atoms with E-state index in [2.05, 4.69) is 4.74 Å². The van der Waals surface area contributed by atoms with Crippen molar-refractivity contribution in [2.45, 2.75) is 6.10 Å². The fourth-order valence-corrected chi connectivity index (χ4v) is 1.95. The molecule has 0 aliphatic heterocycles. The van der Waals surface area contributed by atoms with Crippen molar-refractivity contribution < 1.29 is 14.6 Å². The summed E-state index contributed by atoms with van der Waals surface area (Å²) in [6.45, 7) is 0. The van der Waals surface area contributed by atoms with Gasteiger partial charge >= 0.3 is 5.97 Å². The van der Waals surface area contributed by atoms with Crippen molar-refractivity contribution in [3.05, 3.63) is 21.9 Å². The van der Waals surface area contributed by atoms with Crippen LogP contribution >= 0.6 is 22.9 Å². The number of halogens is 1. The minimum absolute atomic E-state index is 0.126. The smallest absolute Gasteiger partial charge is 0.338 e. The molecular weight excluding hydrogens is 212 g/mol. The molecule has 0 saturated heterocycles. The second kappa shape index (κ2) is 4.60. The van der Waals surface area contributed by atoms with Crippen LogP contribution in [-0.2, 0) is 4.74 Å². The summed E-state index contributed by atoms with van der Waals surface area (Å²) >= 11 is 6.74. The number of hydrogen-bond acceptors (Lipinski definition) is 4. The predicted molar refractivity (Wildman–Crippen MR) is 51.3 cm³/mol. The Morgan fingerprint density at radius 3 is 3.08 bits per heavy atom. The molecule has 1 heterocycles. The fraction of sp³-hybridized carbons (Fsp3) is 0.375. The molecule has 1 atom stereocenters. The number of aliphatic hydroxyl groups excluding tert-OH is 1. The third-order valence-corrected chi connectivity index (χ3v) is 2.84. The summed E-state index contributed by atoms with van der Waals surface area (Å²) in [4.78, 5) is 11.7. The fourth-order valence-electron chi connectivity index (χ4n) is 0.828. The molecule has 1 unspecified atom stereocenters. The van der Waals surface area contributed by atoms with Crippen molar-refractivity contribution >= 4 is 28.9 Å². The Bertz CT molecular complexity index is 297. The molecule has 0 radical (unpaired) electrons. The molecule has 0 aromatic carbocycles. The quantitative estimate of drug-likeness (QED) is 0.624. The maximum absolute atomic E-state index is 11.0. The average Bonchev–Trinajstić information content (AvgIpc) is 2.64. The number of carbonyl (C=O) groups is 1. The number of aliphatic hydroxyl groups is 1. The van der Waals surface area contributed by atoms with Gasteiger partial charge in [-0.15, -0.1) is 22.9 Å². The van der Waals surface area contributed by atoms with Crippen LogP contribution in [-0.4, -0.2) is 24.1 Å². The van der Waals surface area contributed by atoms with Crippen LogP contribution in [0.15, 0.2) is 11.4 Å². The van der Waals surface area contributed by atoms with Crippen LogP contribution in [0.4, 0.5) is 0 Å². The highest BCUT2D eigenvalue weighted by Crippen LogP contribution is 2.23. The van der Waals surface area contributed by atoms with Crippen LogP contribution in [0.1, 0.15) is 21.3 Å². The van der Waals surface area contributed by atoms with Gasteiger partial charge in [0.05, 0.1) is 18.6 Å². The SMILES string of the molecule is COC(=O)c1csc(C(O)CCl)c1. The molecule has 1 N–H and O–H groups in total. The monoisotopic (exact) mass is 220 g/mol. The number of alkyl halides is 1. The van der Waals surface area contributed by atoms with E-state index < -0.39 is 12.1 Å². The molecule has 0 fully saturated rings. The Kier molecular flexibility index (Phi) is 3.71. The third-order valence-electron chi connectivity index (χ3n) is 1.52. The minimum Gasteiger partial charge on any atom is -0.465 e. The zero-order chi connectivity index (χ0) is 9.84. The summed E-state index contributed by atoms with van der Waals surface area (Å²) < 4.78 is 4.52. The first-order chi connectivity index (χ1) is 6.19. The number of hydrogen-bond donors (Lipinski definition) is 1. The van der Waals surface area contributed by atoms with Crippen molar-refractivity contribution in [2.24, 2.45) is 0 Å². The van der Waals surface area contributed by atoms with Gasteiger partial charge in [0.1, 0.15) is 6.10 Å². The van der Waals surface area contributed by atoms with E-state index in [1.54, 1.807) is 11.4 Å². The van der Waals surface area contributed by atoms with E-state index in [1.165, 1.54) is 18.4 Å². The zero-order valence-corrected chi connectivity index (χ0v) is 8.56. The lowest BCUT2D eigenvalue weighted by Gasteiger charge is -2.00. The number of esters is 1. The van der Waals surface area contributed by atoms with Gasteiger partial charge in [-0.3, -0.25) is 0 Å². The minimum atomic E-state index is -0.704. The standard InChI is InChI=1S/C8H9ClO3S/c1-12-8(11)5-2-7(13-4-5)6(10)3-9/h2,4,6,10H,3H2,1H3. The van der Waals surface area contributed by atoms with E-state index in [1.807, 2.05) is 0 Å². The van der Waals surface area contributed by atoms with Crippen LogP contribution in [0.25, 0.3) is 0 Å². The van der Waals surface area contributed by atoms with E-state index in [0.29, 0.717) is 10.4 Å². The van der Waals surface area contributed by atoms with E-state index in [9.17, 15) is 9.90 Å². The Balaban J connectivity index is 2.80. The zero-order valence-electron chi connectivity index (χ0n) is 6.99. The lowest BCUT2D eigenvalue weighted by atomic mass is 10.2. The summed E-state index contributed by atoms with van der Waals surface area (Å²) in [7, 11) is 1.32. The van der Waals surface area contributed by atoms with Crippen LogP contribution in [0.5, 0.6) is 0 Å². The topological polar surface area (TPSA) is 46.5 Å². The Labute approximate surface area is 84.9 Å². The van der Waals surface area contributed by atoms with Crippen LogP contribution in [0, 0.1) is 0 Å². The first-order valence-electron chi connectivity index (χ1n) is 3.59. The molecule has 0 aliphatic rings. The third kappa shape index (κ3) is 2.43. The maximum Gasteiger partial charge on any atom is 0.338 e. The predicted octanol–water partition coefficient (Wildman–Crippen LogP) is 1.81. The molecule has 5 heteroatoms. The molecule has 0 amide bonds. The molecule has 0 bridgehead atoms. The number of rotatable bonds is 3. The molecule has 72 valence electrons. The molecule has 3 nitrogen and oxygen atoms in total. The molecular formula is C8H9ClO3S. The molecule has 1 aromatic heterocycles. The van der Waals surface area contributed by atoms with E-state index in [0.717, 1.165) is 0 Å². The normalized spacial score (nSPS) is 12.5.